The molecule has 0 aromatic heterocycles. The van der Waals surface area contributed by atoms with Gasteiger partial charge < -0.3 is 14.5 Å². The van der Waals surface area contributed by atoms with Crippen molar-refractivity contribution in [3.63, 3.8) is 0 Å². The van der Waals surface area contributed by atoms with Gasteiger partial charge in [0.05, 0.1) is 21.7 Å². The standard InChI is InChI=1S/C46H50ClN7O6/c1-45(2)38(46(3,4)44(45)60-33-11-7-30(25-48)36(47)24-33)26-49-40(56)29-5-8-31(9-6-29)52-17-15-28(16-18-52)27-51-19-21-53(22-20-51)32-10-12-34-35(23-32)43(59)54(42(34)58)37-13-14-39(55)50-41(37)57/h5-12,23-24,26,28,37-38,44H,13-22,27H2,1-4H3,(H,50,55,57). The van der Waals surface area contributed by atoms with Gasteiger partial charge in [0.25, 0.3) is 17.7 Å². The Morgan fingerprint density at radius 1 is 0.850 bits per heavy atom. The number of rotatable bonds is 9. The van der Waals surface area contributed by atoms with Crippen molar-refractivity contribution in [3.05, 3.63) is 87.9 Å². The van der Waals surface area contributed by atoms with Gasteiger partial charge in [0.2, 0.25) is 11.8 Å². The highest BCUT2D eigenvalue weighted by Crippen LogP contribution is 2.59. The number of hydrogen-bond acceptors (Lipinski definition) is 10. The number of nitriles is 1. The molecule has 1 unspecified atom stereocenters. The Hall–Kier alpha value is -5.58. The van der Waals surface area contributed by atoms with Crippen LogP contribution in [0.25, 0.3) is 0 Å². The van der Waals surface area contributed by atoms with Gasteiger partial charge in [-0.05, 0) is 79.8 Å². The second-order valence-corrected chi connectivity index (χ2v) is 18.3. The molecule has 5 amide bonds. The highest BCUT2D eigenvalue weighted by molar-refractivity contribution is 6.31. The molecule has 1 saturated carbocycles. The molecule has 13 nitrogen and oxygen atoms in total. The topological polar surface area (TPSA) is 156 Å². The first-order valence-corrected chi connectivity index (χ1v) is 21.2. The van der Waals surface area contributed by atoms with Crippen LogP contribution in [0.1, 0.15) is 90.0 Å². The Kier molecular flexibility index (Phi) is 11.1. The number of piperidine rings is 2. The Morgan fingerprint density at radius 3 is 2.15 bits per heavy atom. The lowest BCUT2D eigenvalue weighted by molar-refractivity contribution is -0.166. The second-order valence-electron chi connectivity index (χ2n) is 17.9. The predicted molar refractivity (Wildman–Crippen MR) is 228 cm³/mol. The number of nitrogens with one attached hydrogen (secondary N) is 1. The predicted octanol–water partition coefficient (Wildman–Crippen LogP) is 5.99. The zero-order valence-corrected chi connectivity index (χ0v) is 35.2. The van der Waals surface area contributed by atoms with Crippen LogP contribution in [0.5, 0.6) is 5.75 Å². The lowest BCUT2D eigenvalue weighted by Gasteiger charge is -2.62. The van der Waals surface area contributed by atoms with Gasteiger partial charge in [-0.3, -0.25) is 39.1 Å². The van der Waals surface area contributed by atoms with Crippen molar-refractivity contribution in [2.45, 2.75) is 65.5 Å². The van der Waals surface area contributed by atoms with Crippen LogP contribution in [0.15, 0.2) is 65.7 Å². The minimum atomic E-state index is -0.976. The van der Waals surface area contributed by atoms with Crippen LogP contribution in [0.4, 0.5) is 11.4 Å². The highest BCUT2D eigenvalue weighted by atomic mass is 35.5. The van der Waals surface area contributed by atoms with Crippen LogP contribution in [0, 0.1) is 34.0 Å². The number of aliphatic imine (C=N–C) groups is 1. The molecule has 0 radical (unpaired) electrons. The second kappa shape index (κ2) is 16.1. The molecule has 4 fully saturated rings. The fourth-order valence-electron chi connectivity index (χ4n) is 10.2. The molecular weight excluding hydrogens is 782 g/mol. The number of anilines is 2. The van der Waals surface area contributed by atoms with Crippen molar-refractivity contribution in [1.29, 1.82) is 5.26 Å². The molecule has 8 rings (SSSR count). The van der Waals surface area contributed by atoms with Crippen LogP contribution in [-0.4, -0.2) is 104 Å². The number of amides is 5. The molecule has 14 heteroatoms. The summed E-state index contributed by atoms with van der Waals surface area (Å²) in [5.74, 6) is -1.07. The number of ether oxygens (including phenoxy) is 1. The normalized spacial score (nSPS) is 24.3. The summed E-state index contributed by atoms with van der Waals surface area (Å²) in [4.78, 5) is 76.3. The number of fused-ring (bicyclic) bond motifs is 1. The quantitative estimate of drug-likeness (QED) is 0.201. The van der Waals surface area contributed by atoms with Crippen molar-refractivity contribution in [2.24, 2.45) is 27.7 Å². The number of piperazine rings is 1. The van der Waals surface area contributed by atoms with Gasteiger partial charge in [0.1, 0.15) is 24.0 Å². The van der Waals surface area contributed by atoms with Crippen molar-refractivity contribution in [3.8, 4) is 11.8 Å². The lowest BCUT2D eigenvalue weighted by Crippen LogP contribution is -2.66. The van der Waals surface area contributed by atoms with E-state index >= 15 is 0 Å². The third-order valence-corrected chi connectivity index (χ3v) is 13.7. The van der Waals surface area contributed by atoms with Gasteiger partial charge in [-0.25, -0.2) is 4.99 Å². The Labute approximate surface area is 355 Å². The van der Waals surface area contributed by atoms with Gasteiger partial charge in [0, 0.05) is 98.2 Å². The summed E-state index contributed by atoms with van der Waals surface area (Å²) in [6.07, 6.45) is 4.01. The SMILES string of the molecule is CC1(C)C(C=NC(=O)c2ccc(N3CCC(CN4CCN(c5ccc6c(c5)C(=O)N(C5CCC(=O)NC5=O)C6=O)CC4)CC3)cc2)C(C)(C)C1Oc1ccc(C#N)c(Cl)c1. The molecular formula is C46H50ClN7O6. The number of nitrogens with zero attached hydrogens (tertiary/aromatic N) is 6. The van der Waals surface area contributed by atoms with Gasteiger partial charge in [-0.2, -0.15) is 5.26 Å². The molecule has 4 heterocycles. The van der Waals surface area contributed by atoms with Gasteiger partial charge >= 0.3 is 0 Å². The molecule has 312 valence electrons. The van der Waals surface area contributed by atoms with Crippen LogP contribution >= 0.6 is 11.6 Å². The largest absolute Gasteiger partial charge is 0.489 e. The summed E-state index contributed by atoms with van der Waals surface area (Å²) >= 11 is 6.24. The Morgan fingerprint density at radius 2 is 1.50 bits per heavy atom. The van der Waals surface area contributed by atoms with E-state index < -0.39 is 29.7 Å². The van der Waals surface area contributed by atoms with E-state index in [1.807, 2.05) is 30.3 Å². The molecule has 1 atom stereocenters. The molecule has 3 aromatic carbocycles. The first kappa shape index (κ1) is 41.2. The maximum Gasteiger partial charge on any atom is 0.276 e. The number of carbonyl (C=O) groups excluding carboxylic acids is 5. The van der Waals surface area contributed by atoms with Crippen molar-refractivity contribution >= 4 is 58.7 Å². The average Bonchev–Trinajstić information content (AvgIpc) is 3.48. The average molecular weight is 832 g/mol. The van der Waals surface area contributed by atoms with E-state index in [4.69, 9.17) is 16.3 Å². The number of benzene rings is 3. The first-order chi connectivity index (χ1) is 28.6. The molecule has 0 bridgehead atoms. The van der Waals surface area contributed by atoms with E-state index in [-0.39, 0.29) is 41.6 Å². The highest BCUT2D eigenvalue weighted by Gasteiger charge is 2.63. The number of imide groups is 2. The monoisotopic (exact) mass is 831 g/mol. The zero-order valence-electron chi connectivity index (χ0n) is 34.4. The lowest BCUT2D eigenvalue weighted by atomic mass is 9.46. The number of carbonyl (C=O) groups is 5. The zero-order chi connectivity index (χ0) is 42.5. The van der Waals surface area contributed by atoms with E-state index in [1.165, 1.54) is 0 Å². The van der Waals surface area contributed by atoms with E-state index in [1.54, 1.807) is 36.5 Å². The molecule has 4 aliphatic heterocycles. The summed E-state index contributed by atoms with van der Waals surface area (Å²) in [6, 6.07) is 19.3. The number of halogens is 1. The molecule has 5 aliphatic rings. The van der Waals surface area contributed by atoms with Crippen LogP contribution in [0.2, 0.25) is 5.02 Å². The molecule has 3 aromatic rings. The van der Waals surface area contributed by atoms with Gasteiger partial charge in [0.15, 0.2) is 0 Å². The van der Waals surface area contributed by atoms with Gasteiger partial charge in [-0.15, -0.1) is 0 Å². The molecule has 1 aliphatic carbocycles. The van der Waals surface area contributed by atoms with E-state index in [2.05, 4.69) is 58.8 Å². The molecule has 0 spiro atoms. The van der Waals surface area contributed by atoms with E-state index in [0.717, 1.165) is 74.9 Å². The third-order valence-electron chi connectivity index (χ3n) is 13.4. The van der Waals surface area contributed by atoms with E-state index in [0.29, 0.717) is 38.9 Å². The molecule has 1 N–H and O–H groups in total. The van der Waals surface area contributed by atoms with Crippen molar-refractivity contribution in [2.75, 3.05) is 55.6 Å². The fourth-order valence-corrected chi connectivity index (χ4v) is 10.5. The van der Waals surface area contributed by atoms with Gasteiger partial charge in [-0.1, -0.05) is 39.3 Å². The first-order valence-electron chi connectivity index (χ1n) is 20.8. The minimum Gasteiger partial charge on any atom is -0.489 e. The van der Waals surface area contributed by atoms with Crippen molar-refractivity contribution < 1.29 is 28.7 Å². The Bertz CT molecular complexity index is 2290. The molecule has 60 heavy (non-hydrogen) atoms. The fraction of sp³-hybridized carbons (Fsp3) is 0.457. The van der Waals surface area contributed by atoms with Crippen LogP contribution < -0.4 is 19.9 Å². The summed E-state index contributed by atoms with van der Waals surface area (Å²) in [5.41, 5.74) is 2.94. The summed E-state index contributed by atoms with van der Waals surface area (Å²) < 4.78 is 6.37. The summed E-state index contributed by atoms with van der Waals surface area (Å²) in [6.45, 7) is 14.7. The van der Waals surface area contributed by atoms with Crippen LogP contribution in [0.3, 0.4) is 0 Å². The smallest absolute Gasteiger partial charge is 0.276 e. The molecule has 3 saturated heterocycles. The summed E-state index contributed by atoms with van der Waals surface area (Å²) in [5, 5.41) is 11.8. The maximum atomic E-state index is 13.3. The number of hydrogen-bond donors (Lipinski definition) is 1. The van der Waals surface area contributed by atoms with Crippen molar-refractivity contribution in [1.82, 2.24) is 15.1 Å². The third kappa shape index (κ3) is 7.67. The minimum absolute atomic E-state index is 0.00333. The van der Waals surface area contributed by atoms with Crippen LogP contribution in [-0.2, 0) is 9.59 Å². The summed E-state index contributed by atoms with van der Waals surface area (Å²) in [7, 11) is 0. The maximum absolute atomic E-state index is 13.3. The van der Waals surface area contributed by atoms with E-state index in [9.17, 15) is 29.2 Å². The Balaban J connectivity index is 0.788.